The van der Waals surface area contributed by atoms with Crippen LogP contribution in [0.4, 0.5) is 0 Å². The van der Waals surface area contributed by atoms with Crippen LogP contribution in [-0.4, -0.2) is 19.5 Å². The molecule has 276 valence electrons. The predicted octanol–water partition coefficient (Wildman–Crippen LogP) is 14.1. The van der Waals surface area contributed by atoms with E-state index in [0.29, 0.717) is 17.5 Å². The molecule has 0 radical (unpaired) electrons. The van der Waals surface area contributed by atoms with Crippen molar-refractivity contribution >= 4 is 32.6 Å². The van der Waals surface area contributed by atoms with Gasteiger partial charge in [-0.1, -0.05) is 188 Å². The van der Waals surface area contributed by atoms with Crippen molar-refractivity contribution in [3.63, 3.8) is 0 Å². The van der Waals surface area contributed by atoms with Gasteiger partial charge >= 0.3 is 0 Å². The van der Waals surface area contributed by atoms with E-state index in [1.54, 1.807) is 0 Å². The molecule has 0 aliphatic carbocycles. The average Bonchev–Trinajstić information content (AvgIpc) is 3.65. The second-order valence-electron chi connectivity index (χ2n) is 14.8. The van der Waals surface area contributed by atoms with E-state index in [-0.39, 0.29) is 0 Å². The summed E-state index contributed by atoms with van der Waals surface area (Å²) >= 11 is 0. The quantitative estimate of drug-likeness (QED) is 0.163. The first-order chi connectivity index (χ1) is 29.2. The van der Waals surface area contributed by atoms with Crippen molar-refractivity contribution in [2.24, 2.45) is 0 Å². The van der Waals surface area contributed by atoms with Crippen molar-refractivity contribution in [3.05, 3.63) is 218 Å². The lowest BCUT2D eigenvalue weighted by molar-refractivity contribution is 1.07. The molecule has 4 nitrogen and oxygen atoms in total. The van der Waals surface area contributed by atoms with Crippen LogP contribution in [-0.2, 0) is 0 Å². The van der Waals surface area contributed by atoms with Gasteiger partial charge in [-0.15, -0.1) is 0 Å². The molecule has 0 atom stereocenters. The molecule has 4 heteroatoms. The third-order valence-electron chi connectivity index (χ3n) is 11.3. The van der Waals surface area contributed by atoms with Crippen LogP contribution in [0.5, 0.6) is 0 Å². The molecule has 0 aliphatic rings. The molecule has 0 fully saturated rings. The molecular formula is C55H36N4. The standard InChI is InChI=1S/C55H36N4/c1-3-15-37(16-4-1)44-33-34-52-49(36-44)47-23-12-14-26-51(47)59(52)50-25-13-11-22-46(50)45-21-9-10-24-48(45)55-57-53(40-18-5-2-6-19-40)56-54(58-55)41-30-27-39(28-31-41)43-32-29-38-17-7-8-20-42(38)35-43/h1-36H. The van der Waals surface area contributed by atoms with E-state index >= 15 is 0 Å². The number of para-hydroxylation sites is 2. The molecule has 0 spiro atoms. The molecule has 9 aromatic carbocycles. The Morgan fingerprint density at radius 3 is 1.54 bits per heavy atom. The maximum atomic E-state index is 5.23. The van der Waals surface area contributed by atoms with Gasteiger partial charge in [-0.3, -0.25) is 0 Å². The molecule has 0 bridgehead atoms. The second-order valence-corrected chi connectivity index (χ2v) is 14.8. The molecule has 0 saturated heterocycles. The second kappa shape index (κ2) is 14.5. The number of aromatic nitrogens is 4. The molecule has 0 amide bonds. The molecular weight excluding hydrogens is 717 g/mol. The average molecular weight is 753 g/mol. The molecule has 0 N–H and O–H groups in total. The van der Waals surface area contributed by atoms with Gasteiger partial charge in [0.05, 0.1) is 16.7 Å². The van der Waals surface area contributed by atoms with Crippen molar-refractivity contribution in [2.75, 3.05) is 0 Å². The maximum Gasteiger partial charge on any atom is 0.164 e. The number of hydrogen-bond acceptors (Lipinski definition) is 3. The monoisotopic (exact) mass is 752 g/mol. The molecule has 59 heavy (non-hydrogen) atoms. The fourth-order valence-electron chi connectivity index (χ4n) is 8.37. The van der Waals surface area contributed by atoms with Crippen LogP contribution < -0.4 is 0 Å². The molecule has 0 aliphatic heterocycles. The Labute approximate surface area is 342 Å². The molecule has 0 saturated carbocycles. The summed E-state index contributed by atoms with van der Waals surface area (Å²) < 4.78 is 2.40. The van der Waals surface area contributed by atoms with E-state index < -0.39 is 0 Å². The lowest BCUT2D eigenvalue weighted by atomic mass is 9.97. The van der Waals surface area contributed by atoms with E-state index in [1.807, 2.05) is 18.2 Å². The van der Waals surface area contributed by atoms with Gasteiger partial charge in [0.15, 0.2) is 17.5 Å². The topological polar surface area (TPSA) is 43.6 Å². The molecule has 11 rings (SSSR count). The third-order valence-corrected chi connectivity index (χ3v) is 11.3. The number of benzene rings is 9. The van der Waals surface area contributed by atoms with E-state index in [2.05, 4.69) is 205 Å². The number of fused-ring (bicyclic) bond motifs is 4. The van der Waals surface area contributed by atoms with Gasteiger partial charge in [0.25, 0.3) is 0 Å². The summed E-state index contributed by atoms with van der Waals surface area (Å²) in [7, 11) is 0. The fourth-order valence-corrected chi connectivity index (χ4v) is 8.37. The van der Waals surface area contributed by atoms with Gasteiger partial charge in [0.1, 0.15) is 0 Å². The fraction of sp³-hybridized carbons (Fsp3) is 0. The van der Waals surface area contributed by atoms with Crippen LogP contribution in [0.15, 0.2) is 218 Å². The zero-order valence-electron chi connectivity index (χ0n) is 32.1. The van der Waals surface area contributed by atoms with Gasteiger partial charge in [0.2, 0.25) is 0 Å². The summed E-state index contributed by atoms with van der Waals surface area (Å²) in [5.74, 6) is 1.87. The number of hydrogen-bond donors (Lipinski definition) is 0. The Morgan fingerprint density at radius 1 is 0.271 bits per heavy atom. The van der Waals surface area contributed by atoms with Crippen molar-refractivity contribution in [1.29, 1.82) is 0 Å². The molecule has 2 aromatic heterocycles. The normalized spacial score (nSPS) is 11.4. The van der Waals surface area contributed by atoms with Crippen LogP contribution >= 0.6 is 0 Å². The highest BCUT2D eigenvalue weighted by Crippen LogP contribution is 2.40. The number of nitrogens with zero attached hydrogens (tertiary/aromatic N) is 4. The smallest absolute Gasteiger partial charge is 0.164 e. The van der Waals surface area contributed by atoms with Crippen molar-refractivity contribution in [1.82, 2.24) is 19.5 Å². The zero-order valence-corrected chi connectivity index (χ0v) is 32.1. The summed E-state index contributed by atoms with van der Waals surface area (Å²) in [5.41, 5.74) is 13.0. The Morgan fingerprint density at radius 2 is 0.763 bits per heavy atom. The van der Waals surface area contributed by atoms with Crippen LogP contribution in [0, 0.1) is 0 Å². The van der Waals surface area contributed by atoms with Gasteiger partial charge < -0.3 is 4.57 Å². The Kier molecular flexibility index (Phi) is 8.45. The predicted molar refractivity (Wildman–Crippen MR) is 244 cm³/mol. The third kappa shape index (κ3) is 6.24. The highest BCUT2D eigenvalue weighted by atomic mass is 15.0. The van der Waals surface area contributed by atoms with Crippen molar-refractivity contribution in [3.8, 4) is 73.2 Å². The van der Waals surface area contributed by atoms with Crippen LogP contribution in [0.1, 0.15) is 0 Å². The van der Waals surface area contributed by atoms with Gasteiger partial charge in [0, 0.05) is 33.0 Å². The maximum absolute atomic E-state index is 5.23. The first-order valence-electron chi connectivity index (χ1n) is 19.9. The minimum Gasteiger partial charge on any atom is -0.309 e. The summed E-state index contributed by atoms with van der Waals surface area (Å²) in [4.78, 5) is 15.5. The Hall–Kier alpha value is -7.95. The SMILES string of the molecule is c1ccc(-c2ccc3c(c2)c2ccccc2n3-c2ccccc2-c2ccccc2-c2nc(-c3ccccc3)nc(-c3ccc(-c4ccc5ccccc5c4)cc3)n2)cc1. The summed E-state index contributed by atoms with van der Waals surface area (Å²) in [6, 6.07) is 77.0. The lowest BCUT2D eigenvalue weighted by Crippen LogP contribution is -2.02. The number of rotatable bonds is 7. The molecule has 11 aromatic rings. The zero-order chi connectivity index (χ0) is 39.1. The van der Waals surface area contributed by atoms with Crippen LogP contribution in [0.25, 0.3) is 106 Å². The lowest BCUT2D eigenvalue weighted by Gasteiger charge is -2.17. The van der Waals surface area contributed by atoms with Gasteiger partial charge in [-0.05, 0) is 68.9 Å². The first-order valence-corrected chi connectivity index (χ1v) is 19.9. The van der Waals surface area contributed by atoms with Crippen LogP contribution in [0.2, 0.25) is 0 Å². The Balaban J connectivity index is 1.05. The summed E-state index contributed by atoms with van der Waals surface area (Å²) in [6.45, 7) is 0. The van der Waals surface area contributed by atoms with Crippen LogP contribution in [0.3, 0.4) is 0 Å². The van der Waals surface area contributed by atoms with Gasteiger partial charge in [-0.2, -0.15) is 0 Å². The van der Waals surface area contributed by atoms with E-state index in [4.69, 9.17) is 15.0 Å². The van der Waals surface area contributed by atoms with Crippen molar-refractivity contribution < 1.29 is 0 Å². The highest BCUT2D eigenvalue weighted by Gasteiger charge is 2.20. The summed E-state index contributed by atoms with van der Waals surface area (Å²) in [5, 5.41) is 4.88. The van der Waals surface area contributed by atoms with E-state index in [0.717, 1.165) is 50.1 Å². The Bertz CT molecular complexity index is 3310. The minimum absolute atomic E-state index is 0.618. The first kappa shape index (κ1) is 34.3. The highest BCUT2D eigenvalue weighted by molar-refractivity contribution is 6.11. The van der Waals surface area contributed by atoms with Crippen molar-refractivity contribution in [2.45, 2.75) is 0 Å². The minimum atomic E-state index is 0.618. The molecule has 0 unspecified atom stereocenters. The van der Waals surface area contributed by atoms with Gasteiger partial charge in [-0.25, -0.2) is 15.0 Å². The van der Waals surface area contributed by atoms with E-state index in [1.165, 1.54) is 38.2 Å². The van der Waals surface area contributed by atoms with E-state index in [9.17, 15) is 0 Å². The largest absolute Gasteiger partial charge is 0.309 e. The summed E-state index contributed by atoms with van der Waals surface area (Å²) in [6.07, 6.45) is 0. The molecule has 2 heterocycles.